The van der Waals surface area contributed by atoms with Gasteiger partial charge in [0.2, 0.25) is 5.91 Å². The van der Waals surface area contributed by atoms with E-state index in [1.165, 1.54) is 25.9 Å². The van der Waals surface area contributed by atoms with Gasteiger partial charge in [0.05, 0.1) is 0 Å². The maximum atomic E-state index is 10.9. The first-order chi connectivity index (χ1) is 5.83. The van der Waals surface area contributed by atoms with Crippen LogP contribution < -0.4 is 5.32 Å². The molecule has 0 aromatic heterocycles. The fraction of sp³-hybridized carbons (Fsp3) is 0.889. The highest BCUT2D eigenvalue weighted by Crippen LogP contribution is 2.07. The van der Waals surface area contributed by atoms with E-state index < -0.39 is 0 Å². The summed E-state index contributed by atoms with van der Waals surface area (Å²) in [6, 6.07) is 0. The molecule has 1 rings (SSSR count). The topological polar surface area (TPSA) is 32.3 Å². The average molecular weight is 170 g/mol. The highest BCUT2D eigenvalue weighted by molar-refractivity contribution is 5.75. The molecule has 3 nitrogen and oxygen atoms in total. The molecule has 0 saturated carbocycles. The fourth-order valence-electron chi connectivity index (χ4n) is 1.59. The second-order valence-electron chi connectivity index (χ2n) is 3.33. The van der Waals surface area contributed by atoms with Gasteiger partial charge in [0.15, 0.2) is 0 Å². The van der Waals surface area contributed by atoms with Gasteiger partial charge in [-0.3, -0.25) is 4.79 Å². The number of rotatable bonds is 4. The van der Waals surface area contributed by atoms with E-state index in [9.17, 15) is 4.79 Å². The molecule has 0 aromatic carbocycles. The fourth-order valence-corrected chi connectivity index (χ4v) is 1.59. The molecule has 1 amide bonds. The summed E-state index contributed by atoms with van der Waals surface area (Å²) in [7, 11) is 1.69. The van der Waals surface area contributed by atoms with E-state index in [0.717, 1.165) is 13.0 Å². The van der Waals surface area contributed by atoms with Crippen molar-refractivity contribution in [2.75, 3.05) is 26.7 Å². The van der Waals surface area contributed by atoms with Crippen LogP contribution >= 0.6 is 0 Å². The molecule has 0 atom stereocenters. The van der Waals surface area contributed by atoms with Crippen molar-refractivity contribution in [2.24, 2.45) is 0 Å². The third-order valence-corrected chi connectivity index (χ3v) is 2.36. The van der Waals surface area contributed by atoms with Gasteiger partial charge < -0.3 is 10.2 Å². The molecule has 0 aromatic rings. The maximum Gasteiger partial charge on any atom is 0.219 e. The molecule has 12 heavy (non-hydrogen) atoms. The Kier molecular flexibility index (Phi) is 4.08. The highest BCUT2D eigenvalue weighted by atomic mass is 16.1. The Hall–Kier alpha value is -0.570. The summed E-state index contributed by atoms with van der Waals surface area (Å²) in [5.74, 6) is 0.161. The Bertz CT molecular complexity index is 141. The van der Waals surface area contributed by atoms with Gasteiger partial charge in [-0.1, -0.05) is 0 Å². The Morgan fingerprint density at radius 1 is 1.42 bits per heavy atom. The average Bonchev–Trinajstić information content (AvgIpc) is 2.57. The van der Waals surface area contributed by atoms with Crippen molar-refractivity contribution in [1.29, 1.82) is 0 Å². The van der Waals surface area contributed by atoms with Crippen LogP contribution in [0.1, 0.15) is 25.7 Å². The second kappa shape index (κ2) is 5.14. The minimum atomic E-state index is 0.161. The first-order valence-electron chi connectivity index (χ1n) is 4.76. The molecule has 3 heteroatoms. The smallest absolute Gasteiger partial charge is 0.219 e. The number of nitrogens with one attached hydrogen (secondary N) is 1. The lowest BCUT2D eigenvalue weighted by molar-refractivity contribution is -0.120. The lowest BCUT2D eigenvalue weighted by atomic mass is 10.3. The van der Waals surface area contributed by atoms with Gasteiger partial charge in [-0.05, 0) is 38.9 Å². The molecule has 1 saturated heterocycles. The van der Waals surface area contributed by atoms with Gasteiger partial charge in [-0.15, -0.1) is 0 Å². The van der Waals surface area contributed by atoms with Crippen molar-refractivity contribution >= 4 is 5.91 Å². The lowest BCUT2D eigenvalue weighted by Crippen LogP contribution is -2.23. The third-order valence-electron chi connectivity index (χ3n) is 2.36. The molecule has 0 spiro atoms. The summed E-state index contributed by atoms with van der Waals surface area (Å²) in [5.41, 5.74) is 0. The molecule has 1 aliphatic rings. The molecule has 0 radical (unpaired) electrons. The van der Waals surface area contributed by atoms with E-state index in [1.54, 1.807) is 7.05 Å². The van der Waals surface area contributed by atoms with Crippen molar-refractivity contribution < 1.29 is 4.79 Å². The number of carbonyl (C=O) groups is 1. The number of nitrogens with zero attached hydrogens (tertiary/aromatic N) is 1. The molecule has 0 aliphatic carbocycles. The van der Waals surface area contributed by atoms with Crippen LogP contribution in [0.15, 0.2) is 0 Å². The van der Waals surface area contributed by atoms with Crippen molar-refractivity contribution in [3.63, 3.8) is 0 Å². The molecule has 1 N–H and O–H groups in total. The Balaban J connectivity index is 1.97. The monoisotopic (exact) mass is 170 g/mol. The molecule has 1 aliphatic heterocycles. The van der Waals surface area contributed by atoms with E-state index in [4.69, 9.17) is 0 Å². The quantitative estimate of drug-likeness (QED) is 0.670. The van der Waals surface area contributed by atoms with Gasteiger partial charge in [0.1, 0.15) is 0 Å². The number of amides is 1. The predicted octanol–water partition coefficient (Wildman–Crippen LogP) is 0.608. The maximum absolute atomic E-state index is 10.9. The predicted molar refractivity (Wildman–Crippen MR) is 49.0 cm³/mol. The van der Waals surface area contributed by atoms with Crippen LogP contribution in [0.3, 0.4) is 0 Å². The van der Waals surface area contributed by atoms with E-state index in [1.807, 2.05) is 0 Å². The molecule has 70 valence electrons. The zero-order valence-corrected chi connectivity index (χ0v) is 7.81. The van der Waals surface area contributed by atoms with Crippen LogP contribution in [0.2, 0.25) is 0 Å². The zero-order chi connectivity index (χ0) is 8.81. The van der Waals surface area contributed by atoms with Gasteiger partial charge in [-0.25, -0.2) is 0 Å². The van der Waals surface area contributed by atoms with E-state index in [2.05, 4.69) is 10.2 Å². The summed E-state index contributed by atoms with van der Waals surface area (Å²) < 4.78 is 0. The summed E-state index contributed by atoms with van der Waals surface area (Å²) in [6.45, 7) is 3.55. The third kappa shape index (κ3) is 3.22. The summed E-state index contributed by atoms with van der Waals surface area (Å²) in [4.78, 5) is 13.3. The molecular formula is C9H18N2O. The van der Waals surface area contributed by atoms with Gasteiger partial charge in [-0.2, -0.15) is 0 Å². The minimum absolute atomic E-state index is 0.161. The summed E-state index contributed by atoms with van der Waals surface area (Å²) in [5, 5.41) is 2.63. The molecule has 1 fully saturated rings. The van der Waals surface area contributed by atoms with Crippen LogP contribution in [-0.4, -0.2) is 37.5 Å². The Labute approximate surface area is 74.1 Å². The van der Waals surface area contributed by atoms with Crippen molar-refractivity contribution in [1.82, 2.24) is 10.2 Å². The molecular weight excluding hydrogens is 152 g/mol. The largest absolute Gasteiger partial charge is 0.359 e. The molecule has 1 heterocycles. The summed E-state index contributed by atoms with van der Waals surface area (Å²) in [6.07, 6.45) is 4.34. The SMILES string of the molecule is CNC(=O)CCCN1CCCC1. The lowest BCUT2D eigenvalue weighted by Gasteiger charge is -2.13. The van der Waals surface area contributed by atoms with Crippen LogP contribution in [-0.2, 0) is 4.79 Å². The van der Waals surface area contributed by atoms with Crippen LogP contribution in [0.4, 0.5) is 0 Å². The highest BCUT2D eigenvalue weighted by Gasteiger charge is 2.10. The Morgan fingerprint density at radius 2 is 2.08 bits per heavy atom. The van der Waals surface area contributed by atoms with E-state index >= 15 is 0 Å². The van der Waals surface area contributed by atoms with Crippen LogP contribution in [0.5, 0.6) is 0 Å². The summed E-state index contributed by atoms with van der Waals surface area (Å²) >= 11 is 0. The zero-order valence-electron chi connectivity index (χ0n) is 7.81. The molecule has 0 unspecified atom stereocenters. The minimum Gasteiger partial charge on any atom is -0.359 e. The Morgan fingerprint density at radius 3 is 2.67 bits per heavy atom. The molecule has 0 bridgehead atoms. The number of carbonyl (C=O) groups excluding carboxylic acids is 1. The standard InChI is InChI=1S/C9H18N2O/c1-10-9(12)5-4-8-11-6-2-3-7-11/h2-8H2,1H3,(H,10,12). The first kappa shape index (κ1) is 9.52. The number of likely N-dealkylation sites (tertiary alicyclic amines) is 1. The first-order valence-corrected chi connectivity index (χ1v) is 4.76. The van der Waals surface area contributed by atoms with E-state index in [0.29, 0.717) is 6.42 Å². The van der Waals surface area contributed by atoms with Gasteiger partial charge in [0, 0.05) is 13.5 Å². The van der Waals surface area contributed by atoms with Crippen LogP contribution in [0, 0.1) is 0 Å². The van der Waals surface area contributed by atoms with E-state index in [-0.39, 0.29) is 5.91 Å². The van der Waals surface area contributed by atoms with Gasteiger partial charge >= 0.3 is 0 Å². The second-order valence-corrected chi connectivity index (χ2v) is 3.33. The van der Waals surface area contributed by atoms with Crippen molar-refractivity contribution in [3.8, 4) is 0 Å². The van der Waals surface area contributed by atoms with Crippen LogP contribution in [0.25, 0.3) is 0 Å². The van der Waals surface area contributed by atoms with Gasteiger partial charge in [0.25, 0.3) is 0 Å². The van der Waals surface area contributed by atoms with Crippen molar-refractivity contribution in [2.45, 2.75) is 25.7 Å². The normalized spacial score (nSPS) is 18.1. The number of hydrogen-bond acceptors (Lipinski definition) is 2. The van der Waals surface area contributed by atoms with Crippen molar-refractivity contribution in [3.05, 3.63) is 0 Å². The number of hydrogen-bond donors (Lipinski definition) is 1.